The molecule has 0 aliphatic heterocycles. The van der Waals surface area contributed by atoms with Gasteiger partial charge >= 0.3 is 0 Å². The first-order valence-electron chi connectivity index (χ1n) is 8.57. The topological polar surface area (TPSA) is 29.9 Å². The minimum Gasteiger partial charge on any atom is -0.390 e. The van der Waals surface area contributed by atoms with Crippen LogP contribution >= 0.6 is 11.8 Å². The van der Waals surface area contributed by atoms with Gasteiger partial charge in [0.05, 0.1) is 5.35 Å². The van der Waals surface area contributed by atoms with Crippen LogP contribution < -0.4 is 16.0 Å². The Morgan fingerprint density at radius 3 is 2.74 bits per heavy atom. The monoisotopic (exact) mass is 387 g/mol. The van der Waals surface area contributed by atoms with E-state index in [1.165, 1.54) is 23.9 Å². The smallest absolute Gasteiger partial charge is 0.174 e. The van der Waals surface area contributed by atoms with Crippen molar-refractivity contribution in [2.75, 3.05) is 7.05 Å². The number of terminal acetylenes is 1. The van der Waals surface area contributed by atoms with E-state index in [0.29, 0.717) is 28.6 Å². The van der Waals surface area contributed by atoms with E-state index in [0.717, 1.165) is 22.8 Å². The SMILES string of the molecule is C#CCCCn1c(Sc2cc(F)c(F)cc2C)nc(=C(/C)NC)/c1=C\C=C. The lowest BCUT2D eigenvalue weighted by atomic mass is 10.2. The molecule has 142 valence electrons. The third-order valence-electron chi connectivity index (χ3n) is 4.10. The lowest BCUT2D eigenvalue weighted by molar-refractivity contribution is 0.504. The molecule has 1 aromatic heterocycles. The highest BCUT2D eigenvalue weighted by atomic mass is 32.2. The Hall–Kier alpha value is -2.52. The molecule has 1 heterocycles. The molecule has 0 fully saturated rings. The van der Waals surface area contributed by atoms with E-state index in [9.17, 15) is 8.78 Å². The summed E-state index contributed by atoms with van der Waals surface area (Å²) in [4.78, 5) is 5.37. The average Bonchev–Trinajstić information content (AvgIpc) is 2.97. The van der Waals surface area contributed by atoms with Gasteiger partial charge in [-0.2, -0.15) is 0 Å². The molecule has 2 aromatic rings. The van der Waals surface area contributed by atoms with Crippen molar-refractivity contribution in [3.63, 3.8) is 0 Å². The zero-order valence-electron chi connectivity index (χ0n) is 15.8. The molecular formula is C21H23F2N3S. The predicted molar refractivity (Wildman–Crippen MR) is 108 cm³/mol. The van der Waals surface area contributed by atoms with E-state index in [-0.39, 0.29) is 0 Å². The second-order valence-corrected chi connectivity index (χ2v) is 7.01. The number of aryl methyl sites for hydroxylation is 1. The molecule has 0 aliphatic rings. The van der Waals surface area contributed by atoms with E-state index in [4.69, 9.17) is 11.4 Å². The van der Waals surface area contributed by atoms with Crippen LogP contribution in [-0.4, -0.2) is 16.6 Å². The number of allylic oxidation sites excluding steroid dienone is 1. The highest BCUT2D eigenvalue weighted by Gasteiger charge is 2.14. The maximum atomic E-state index is 13.7. The number of nitrogens with one attached hydrogen (secondary N) is 1. The van der Waals surface area contributed by atoms with Gasteiger partial charge in [-0.25, -0.2) is 13.8 Å². The fourth-order valence-electron chi connectivity index (χ4n) is 2.59. The molecule has 3 nitrogen and oxygen atoms in total. The Bertz CT molecular complexity index is 1000. The maximum absolute atomic E-state index is 13.7. The van der Waals surface area contributed by atoms with Crippen molar-refractivity contribution in [1.82, 2.24) is 14.9 Å². The van der Waals surface area contributed by atoms with Gasteiger partial charge in [0.25, 0.3) is 0 Å². The van der Waals surface area contributed by atoms with Crippen molar-refractivity contribution < 1.29 is 8.78 Å². The molecule has 6 heteroatoms. The van der Waals surface area contributed by atoms with Crippen molar-refractivity contribution >= 4 is 23.5 Å². The number of halogens is 2. The van der Waals surface area contributed by atoms with Gasteiger partial charge in [0.1, 0.15) is 5.35 Å². The van der Waals surface area contributed by atoms with Gasteiger partial charge in [-0.15, -0.1) is 12.3 Å². The number of imidazole rings is 1. The lowest BCUT2D eigenvalue weighted by Gasteiger charge is -2.09. The predicted octanol–water partition coefficient (Wildman–Crippen LogP) is 3.35. The van der Waals surface area contributed by atoms with Crippen molar-refractivity contribution in [2.45, 2.75) is 43.3 Å². The van der Waals surface area contributed by atoms with Crippen LogP contribution in [-0.2, 0) is 6.54 Å². The molecule has 0 saturated heterocycles. The standard InChI is InChI=1S/C21H23F2N3S/c1-6-8-9-11-26-18(10-7-2)20(15(4)24-5)25-21(26)27-19-13-17(23)16(22)12-14(19)3/h1,7,10,12-13,24H,2,8-9,11H2,3-5H3/b18-10+,20-15-. The van der Waals surface area contributed by atoms with Gasteiger partial charge in [0, 0.05) is 30.6 Å². The fourth-order valence-corrected chi connectivity index (χ4v) is 3.60. The maximum Gasteiger partial charge on any atom is 0.174 e. The first kappa shape index (κ1) is 20.8. The molecular weight excluding hydrogens is 364 g/mol. The molecule has 2 rings (SSSR count). The Labute approximate surface area is 162 Å². The van der Waals surface area contributed by atoms with Crippen LogP contribution in [0.5, 0.6) is 0 Å². The van der Waals surface area contributed by atoms with E-state index >= 15 is 0 Å². The van der Waals surface area contributed by atoms with Crippen molar-refractivity contribution in [1.29, 1.82) is 0 Å². The summed E-state index contributed by atoms with van der Waals surface area (Å²) in [5.74, 6) is 0.920. The number of hydrogen-bond acceptors (Lipinski definition) is 3. The first-order chi connectivity index (χ1) is 12.9. The highest BCUT2D eigenvalue weighted by molar-refractivity contribution is 7.99. The lowest BCUT2D eigenvalue weighted by Crippen LogP contribution is -2.34. The molecule has 0 unspecified atom stereocenters. The Balaban J connectivity index is 2.64. The average molecular weight is 387 g/mol. The summed E-state index contributed by atoms with van der Waals surface area (Å²) in [5, 5.41) is 5.50. The van der Waals surface area contributed by atoms with Crippen LogP contribution in [0.25, 0.3) is 11.8 Å². The molecule has 27 heavy (non-hydrogen) atoms. The second-order valence-electron chi connectivity index (χ2n) is 6.00. The van der Waals surface area contributed by atoms with E-state index in [1.807, 2.05) is 24.6 Å². The molecule has 0 bridgehead atoms. The molecule has 0 radical (unpaired) electrons. The molecule has 0 saturated carbocycles. The van der Waals surface area contributed by atoms with Crippen molar-refractivity contribution in [3.05, 3.63) is 52.7 Å². The van der Waals surface area contributed by atoms with Gasteiger partial charge < -0.3 is 9.88 Å². The zero-order chi connectivity index (χ0) is 20.0. The van der Waals surface area contributed by atoms with E-state index in [2.05, 4.69) is 17.8 Å². The van der Waals surface area contributed by atoms with Crippen molar-refractivity contribution in [2.24, 2.45) is 0 Å². The minimum absolute atomic E-state index is 0.621. The van der Waals surface area contributed by atoms with E-state index < -0.39 is 11.6 Å². The highest BCUT2D eigenvalue weighted by Crippen LogP contribution is 2.29. The number of hydrogen-bond donors (Lipinski definition) is 1. The second kappa shape index (κ2) is 9.43. The van der Waals surface area contributed by atoms with Crippen LogP contribution in [0.1, 0.15) is 25.3 Å². The number of unbranched alkanes of at least 4 members (excludes halogenated alkanes) is 1. The summed E-state index contributed by atoms with van der Waals surface area (Å²) in [6.45, 7) is 8.14. The summed E-state index contributed by atoms with van der Waals surface area (Å²) in [6.07, 6.45) is 10.4. The Kier molecular flexibility index (Phi) is 7.26. The molecule has 0 amide bonds. The van der Waals surface area contributed by atoms with Gasteiger partial charge in [0.15, 0.2) is 16.8 Å². The van der Waals surface area contributed by atoms with Crippen LogP contribution in [0, 0.1) is 30.9 Å². The number of rotatable bonds is 7. The van der Waals surface area contributed by atoms with Crippen LogP contribution in [0.4, 0.5) is 8.78 Å². The van der Waals surface area contributed by atoms with Gasteiger partial charge in [-0.05, 0) is 44.0 Å². The summed E-state index contributed by atoms with van der Waals surface area (Å²) < 4.78 is 29.2. The third kappa shape index (κ3) is 4.81. The fraction of sp³-hybridized carbons (Fsp3) is 0.286. The Morgan fingerprint density at radius 2 is 2.11 bits per heavy atom. The van der Waals surface area contributed by atoms with Gasteiger partial charge in [0.2, 0.25) is 0 Å². The van der Waals surface area contributed by atoms with E-state index in [1.54, 1.807) is 13.0 Å². The number of benzene rings is 1. The number of aromatic nitrogens is 2. The molecule has 0 atom stereocenters. The molecule has 0 aliphatic carbocycles. The first-order valence-corrected chi connectivity index (χ1v) is 9.39. The zero-order valence-corrected chi connectivity index (χ0v) is 16.6. The molecule has 1 N–H and O–H groups in total. The quantitative estimate of drug-likeness (QED) is 0.584. The number of nitrogens with zero attached hydrogens (tertiary/aromatic N) is 2. The van der Waals surface area contributed by atoms with Gasteiger partial charge in [-0.1, -0.05) is 24.4 Å². The van der Waals surface area contributed by atoms with Crippen LogP contribution in [0.3, 0.4) is 0 Å². The summed E-state index contributed by atoms with van der Waals surface area (Å²) in [7, 11) is 1.83. The van der Waals surface area contributed by atoms with Crippen LogP contribution in [0.2, 0.25) is 0 Å². The van der Waals surface area contributed by atoms with Crippen LogP contribution in [0.15, 0.2) is 34.8 Å². The van der Waals surface area contributed by atoms with Gasteiger partial charge in [-0.3, -0.25) is 0 Å². The summed E-state index contributed by atoms with van der Waals surface area (Å²) >= 11 is 1.31. The summed E-state index contributed by atoms with van der Waals surface area (Å²) in [6, 6.07) is 2.41. The molecule has 1 aromatic carbocycles. The normalized spacial score (nSPS) is 12.7. The molecule has 0 spiro atoms. The largest absolute Gasteiger partial charge is 0.390 e. The van der Waals surface area contributed by atoms with Crippen molar-refractivity contribution in [3.8, 4) is 12.3 Å². The minimum atomic E-state index is -0.871. The third-order valence-corrected chi connectivity index (χ3v) is 5.25. The summed E-state index contributed by atoms with van der Waals surface area (Å²) in [5.41, 5.74) is 1.56. The Morgan fingerprint density at radius 1 is 1.41 bits per heavy atom.